The Balaban J connectivity index is 1.51. The van der Waals surface area contributed by atoms with Gasteiger partial charge in [-0.1, -0.05) is 24.3 Å². The minimum atomic E-state index is -0.639. The Morgan fingerprint density at radius 2 is 2.00 bits per heavy atom. The lowest BCUT2D eigenvalue weighted by molar-refractivity contribution is -0.127. The number of hydrogen-bond donors (Lipinski definition) is 2. The molecular formula is C20H18FN3O3. The minimum Gasteiger partial charge on any atom is -0.494 e. The van der Waals surface area contributed by atoms with E-state index >= 15 is 0 Å². The number of hydrogen-bond acceptors (Lipinski definition) is 3. The molecule has 6 nitrogen and oxygen atoms in total. The van der Waals surface area contributed by atoms with Gasteiger partial charge >= 0.3 is 6.03 Å². The Morgan fingerprint density at radius 1 is 1.19 bits per heavy atom. The Morgan fingerprint density at radius 3 is 2.78 bits per heavy atom. The molecule has 3 aromatic rings. The van der Waals surface area contributed by atoms with E-state index in [0.29, 0.717) is 12.0 Å². The number of para-hydroxylation sites is 1. The van der Waals surface area contributed by atoms with Crippen LogP contribution in [0, 0.1) is 5.82 Å². The maximum atomic E-state index is 13.9. The number of nitrogens with zero attached hydrogens (tertiary/aromatic N) is 1. The van der Waals surface area contributed by atoms with Crippen LogP contribution in [0.25, 0.3) is 10.9 Å². The van der Waals surface area contributed by atoms with Crippen molar-refractivity contribution in [3.05, 3.63) is 65.6 Å². The van der Waals surface area contributed by atoms with E-state index in [-0.39, 0.29) is 18.2 Å². The van der Waals surface area contributed by atoms with Gasteiger partial charge in [0.25, 0.3) is 5.91 Å². The number of benzene rings is 2. The van der Waals surface area contributed by atoms with Gasteiger partial charge in [0.1, 0.15) is 6.04 Å². The number of ether oxygens (including phenoxy) is 1. The second kappa shape index (κ2) is 6.75. The van der Waals surface area contributed by atoms with Crippen LogP contribution in [0.2, 0.25) is 0 Å². The number of fused-ring (bicyclic) bond motifs is 1. The normalized spacial score (nSPS) is 16.8. The van der Waals surface area contributed by atoms with Crippen molar-refractivity contribution in [1.82, 2.24) is 15.2 Å². The van der Waals surface area contributed by atoms with Crippen LogP contribution in [0.1, 0.15) is 11.1 Å². The molecule has 1 saturated heterocycles. The smallest absolute Gasteiger partial charge is 0.325 e. The molecule has 138 valence electrons. The van der Waals surface area contributed by atoms with Gasteiger partial charge in [0.15, 0.2) is 11.6 Å². The number of urea groups is 1. The highest BCUT2D eigenvalue weighted by molar-refractivity contribution is 6.04. The number of halogens is 1. The number of carbonyl (C=O) groups excluding carboxylic acids is 2. The first-order chi connectivity index (χ1) is 13.1. The molecule has 2 aromatic carbocycles. The molecule has 7 heteroatoms. The van der Waals surface area contributed by atoms with Crippen LogP contribution in [0.5, 0.6) is 5.75 Å². The monoisotopic (exact) mass is 367 g/mol. The van der Waals surface area contributed by atoms with E-state index in [1.54, 1.807) is 6.07 Å². The van der Waals surface area contributed by atoms with Crippen molar-refractivity contribution in [2.45, 2.75) is 19.0 Å². The number of methoxy groups -OCH3 is 1. The quantitative estimate of drug-likeness (QED) is 0.681. The lowest BCUT2D eigenvalue weighted by atomic mass is 10.0. The Labute approximate surface area is 154 Å². The van der Waals surface area contributed by atoms with E-state index in [9.17, 15) is 14.0 Å². The predicted molar refractivity (Wildman–Crippen MR) is 97.8 cm³/mol. The molecule has 1 atom stereocenters. The summed E-state index contributed by atoms with van der Waals surface area (Å²) in [5.41, 5.74) is 2.46. The Kier molecular flexibility index (Phi) is 4.27. The van der Waals surface area contributed by atoms with E-state index in [4.69, 9.17) is 4.74 Å². The van der Waals surface area contributed by atoms with Crippen molar-refractivity contribution in [3.63, 3.8) is 0 Å². The van der Waals surface area contributed by atoms with E-state index < -0.39 is 17.9 Å². The van der Waals surface area contributed by atoms with E-state index in [2.05, 4.69) is 10.3 Å². The molecule has 1 aliphatic heterocycles. The maximum Gasteiger partial charge on any atom is 0.325 e. The second-order valence-corrected chi connectivity index (χ2v) is 6.46. The number of amides is 3. The third kappa shape index (κ3) is 3.12. The number of aromatic amines is 1. The summed E-state index contributed by atoms with van der Waals surface area (Å²) in [6.07, 6.45) is 2.24. The number of carbonyl (C=O) groups is 2. The van der Waals surface area contributed by atoms with Gasteiger partial charge in [-0.05, 0) is 29.3 Å². The van der Waals surface area contributed by atoms with Gasteiger partial charge in [-0.3, -0.25) is 9.69 Å². The topological polar surface area (TPSA) is 74.4 Å². The SMILES string of the molecule is COc1ccc(CN2C(=O)N[C@H](Cc3c[nH]c4ccccc34)C2=O)cc1F. The first-order valence-corrected chi connectivity index (χ1v) is 8.56. The molecule has 4 rings (SSSR count). The molecule has 0 bridgehead atoms. The molecule has 2 heterocycles. The molecule has 1 aliphatic rings. The molecular weight excluding hydrogens is 349 g/mol. The summed E-state index contributed by atoms with van der Waals surface area (Å²) < 4.78 is 18.7. The second-order valence-electron chi connectivity index (χ2n) is 6.46. The molecule has 1 fully saturated rings. The fraction of sp³-hybridized carbons (Fsp3) is 0.200. The summed E-state index contributed by atoms with van der Waals surface area (Å²) in [4.78, 5) is 29.2. The third-order valence-electron chi connectivity index (χ3n) is 4.76. The summed E-state index contributed by atoms with van der Waals surface area (Å²) in [5, 5.41) is 3.74. The molecule has 0 radical (unpaired) electrons. The van der Waals surface area contributed by atoms with Gasteiger partial charge in [-0.25, -0.2) is 9.18 Å². The predicted octanol–water partition coefficient (Wildman–Crippen LogP) is 2.98. The molecule has 0 aliphatic carbocycles. The summed E-state index contributed by atoms with van der Waals surface area (Å²) in [6.45, 7) is 0.00989. The molecule has 0 spiro atoms. The number of H-pyrrole nitrogens is 1. The average Bonchev–Trinajstić information content (AvgIpc) is 3.19. The summed E-state index contributed by atoms with van der Waals surface area (Å²) in [5.74, 6) is -0.730. The first kappa shape index (κ1) is 17.1. The fourth-order valence-corrected chi connectivity index (χ4v) is 3.38. The van der Waals surface area contributed by atoms with Crippen LogP contribution in [0.3, 0.4) is 0 Å². The van der Waals surface area contributed by atoms with E-state index in [0.717, 1.165) is 21.4 Å². The van der Waals surface area contributed by atoms with Crippen molar-refractivity contribution >= 4 is 22.8 Å². The minimum absolute atomic E-state index is 0.00989. The van der Waals surface area contributed by atoms with Gasteiger partial charge < -0.3 is 15.0 Å². The lowest BCUT2D eigenvalue weighted by Gasteiger charge is -2.14. The van der Waals surface area contributed by atoms with Crippen molar-refractivity contribution in [2.24, 2.45) is 0 Å². The highest BCUT2D eigenvalue weighted by Gasteiger charge is 2.38. The van der Waals surface area contributed by atoms with Crippen molar-refractivity contribution in [2.75, 3.05) is 7.11 Å². The van der Waals surface area contributed by atoms with Crippen molar-refractivity contribution in [3.8, 4) is 5.75 Å². The summed E-state index contributed by atoms with van der Waals surface area (Å²) in [7, 11) is 1.38. The van der Waals surface area contributed by atoms with Gasteiger partial charge in [0.05, 0.1) is 13.7 Å². The van der Waals surface area contributed by atoms with Crippen LogP contribution in [-0.4, -0.2) is 35.0 Å². The zero-order chi connectivity index (χ0) is 19.0. The largest absolute Gasteiger partial charge is 0.494 e. The highest BCUT2D eigenvalue weighted by atomic mass is 19.1. The number of imide groups is 1. The molecule has 0 unspecified atom stereocenters. The first-order valence-electron chi connectivity index (χ1n) is 8.56. The number of rotatable bonds is 5. The van der Waals surface area contributed by atoms with Crippen LogP contribution >= 0.6 is 0 Å². The fourth-order valence-electron chi connectivity index (χ4n) is 3.38. The number of nitrogens with one attached hydrogen (secondary N) is 2. The lowest BCUT2D eigenvalue weighted by Crippen LogP contribution is -2.32. The van der Waals surface area contributed by atoms with Crippen LogP contribution < -0.4 is 10.1 Å². The zero-order valence-electron chi connectivity index (χ0n) is 14.7. The van der Waals surface area contributed by atoms with Crippen LogP contribution in [-0.2, 0) is 17.8 Å². The molecule has 1 aromatic heterocycles. The van der Waals surface area contributed by atoms with Gasteiger partial charge in [0.2, 0.25) is 0 Å². The maximum absolute atomic E-state index is 13.9. The average molecular weight is 367 g/mol. The van der Waals surface area contributed by atoms with Gasteiger partial charge in [-0.2, -0.15) is 0 Å². The Bertz CT molecular complexity index is 1030. The highest BCUT2D eigenvalue weighted by Crippen LogP contribution is 2.23. The van der Waals surface area contributed by atoms with Gasteiger partial charge in [0, 0.05) is 23.5 Å². The zero-order valence-corrected chi connectivity index (χ0v) is 14.7. The molecule has 2 N–H and O–H groups in total. The summed E-state index contributed by atoms with van der Waals surface area (Å²) >= 11 is 0. The Hall–Kier alpha value is -3.35. The molecule has 3 amide bonds. The van der Waals surface area contributed by atoms with Crippen molar-refractivity contribution < 1.29 is 18.7 Å². The molecule has 27 heavy (non-hydrogen) atoms. The van der Waals surface area contributed by atoms with E-state index in [1.807, 2.05) is 30.5 Å². The van der Waals surface area contributed by atoms with Gasteiger partial charge in [-0.15, -0.1) is 0 Å². The molecule has 0 saturated carbocycles. The van der Waals surface area contributed by atoms with Crippen LogP contribution in [0.15, 0.2) is 48.7 Å². The standard InChI is InChI=1S/C20H18FN3O3/c1-27-18-7-6-12(8-15(18)21)11-24-19(25)17(23-20(24)26)9-13-10-22-16-5-3-2-4-14(13)16/h2-8,10,17,22H,9,11H2,1H3,(H,23,26)/t17-/m1/s1. The van der Waals surface area contributed by atoms with E-state index in [1.165, 1.54) is 19.2 Å². The summed E-state index contributed by atoms with van der Waals surface area (Å²) in [6, 6.07) is 11.1. The third-order valence-corrected chi connectivity index (χ3v) is 4.76. The van der Waals surface area contributed by atoms with Crippen LogP contribution in [0.4, 0.5) is 9.18 Å². The van der Waals surface area contributed by atoms with Crippen molar-refractivity contribution in [1.29, 1.82) is 0 Å². The number of aromatic nitrogens is 1.